The first-order valence-electron chi connectivity index (χ1n) is 5.95. The van der Waals surface area contributed by atoms with Crippen LogP contribution in [-0.2, 0) is 4.74 Å². The van der Waals surface area contributed by atoms with Gasteiger partial charge >= 0.3 is 0 Å². The molecule has 2 atom stereocenters. The number of methoxy groups -OCH3 is 1. The molecule has 3 nitrogen and oxygen atoms in total. The maximum Gasteiger partial charge on any atom is 0.0520 e. The van der Waals surface area contributed by atoms with Crippen molar-refractivity contribution in [3.05, 3.63) is 0 Å². The Morgan fingerprint density at radius 1 is 1.33 bits per heavy atom. The van der Waals surface area contributed by atoms with Crippen LogP contribution in [0.2, 0.25) is 0 Å². The van der Waals surface area contributed by atoms with E-state index in [0.29, 0.717) is 17.5 Å². The molecule has 0 bridgehead atoms. The molecule has 2 N–H and O–H groups in total. The van der Waals surface area contributed by atoms with Gasteiger partial charge < -0.3 is 15.4 Å². The van der Waals surface area contributed by atoms with Crippen LogP contribution in [0.4, 0.5) is 0 Å². The molecule has 90 valence electrons. The highest BCUT2D eigenvalue weighted by Gasteiger charge is 2.39. The number of hydrogen-bond acceptors (Lipinski definition) is 3. The second-order valence-corrected chi connectivity index (χ2v) is 5.24. The molecule has 0 spiro atoms. The molecule has 1 rings (SSSR count). The molecule has 1 saturated heterocycles. The summed E-state index contributed by atoms with van der Waals surface area (Å²) in [4.78, 5) is 2.46. The molecule has 1 aliphatic rings. The van der Waals surface area contributed by atoms with Crippen LogP contribution in [0, 0.1) is 5.41 Å². The predicted molar refractivity (Wildman–Crippen MR) is 63.9 cm³/mol. The van der Waals surface area contributed by atoms with Gasteiger partial charge in [-0.1, -0.05) is 0 Å². The Morgan fingerprint density at radius 3 is 2.27 bits per heavy atom. The van der Waals surface area contributed by atoms with Crippen LogP contribution in [0.1, 0.15) is 33.1 Å². The van der Waals surface area contributed by atoms with Gasteiger partial charge in [0.05, 0.1) is 6.61 Å². The molecule has 1 heterocycles. The van der Waals surface area contributed by atoms with Crippen molar-refractivity contribution in [3.63, 3.8) is 0 Å². The zero-order valence-corrected chi connectivity index (χ0v) is 10.6. The fourth-order valence-corrected chi connectivity index (χ4v) is 3.07. The van der Waals surface area contributed by atoms with Crippen molar-refractivity contribution in [2.24, 2.45) is 11.1 Å². The van der Waals surface area contributed by atoms with E-state index in [-0.39, 0.29) is 0 Å². The van der Waals surface area contributed by atoms with Crippen LogP contribution < -0.4 is 5.73 Å². The summed E-state index contributed by atoms with van der Waals surface area (Å²) >= 11 is 0. The Balaban J connectivity index is 2.71. The average molecular weight is 214 g/mol. The standard InChI is InChI=1S/C12H26N2O/c1-10-7-12(5-6-13,9-15-4)8-11(2)14(10)3/h10-11H,5-9,13H2,1-4H3. The van der Waals surface area contributed by atoms with Gasteiger partial charge in [0.15, 0.2) is 0 Å². The van der Waals surface area contributed by atoms with Crippen LogP contribution in [0.5, 0.6) is 0 Å². The lowest BCUT2D eigenvalue weighted by Crippen LogP contribution is -2.50. The molecule has 0 aromatic rings. The van der Waals surface area contributed by atoms with Crippen LogP contribution in [0.15, 0.2) is 0 Å². The Hall–Kier alpha value is -0.120. The maximum atomic E-state index is 5.73. The maximum absolute atomic E-state index is 5.73. The van der Waals surface area contributed by atoms with Crippen molar-refractivity contribution in [2.45, 2.75) is 45.2 Å². The number of ether oxygens (including phenoxy) is 1. The highest BCUT2D eigenvalue weighted by atomic mass is 16.5. The van der Waals surface area contributed by atoms with Crippen molar-refractivity contribution in [3.8, 4) is 0 Å². The van der Waals surface area contributed by atoms with Crippen LogP contribution >= 0.6 is 0 Å². The van der Waals surface area contributed by atoms with Crippen molar-refractivity contribution >= 4 is 0 Å². The number of likely N-dealkylation sites (tertiary alicyclic amines) is 1. The lowest BCUT2D eigenvalue weighted by Gasteiger charge is -2.48. The zero-order valence-electron chi connectivity index (χ0n) is 10.6. The van der Waals surface area contributed by atoms with Gasteiger partial charge in [-0.15, -0.1) is 0 Å². The van der Waals surface area contributed by atoms with Gasteiger partial charge in [0.2, 0.25) is 0 Å². The molecule has 0 radical (unpaired) electrons. The molecule has 15 heavy (non-hydrogen) atoms. The van der Waals surface area contributed by atoms with Crippen LogP contribution in [0.3, 0.4) is 0 Å². The van der Waals surface area contributed by atoms with Crippen molar-refractivity contribution < 1.29 is 4.74 Å². The number of hydrogen-bond donors (Lipinski definition) is 1. The van der Waals surface area contributed by atoms with Crippen LogP contribution in [-0.4, -0.2) is 44.3 Å². The van der Waals surface area contributed by atoms with E-state index in [9.17, 15) is 0 Å². The second kappa shape index (κ2) is 5.28. The molecular formula is C12H26N2O. The van der Waals surface area contributed by atoms with E-state index >= 15 is 0 Å². The summed E-state index contributed by atoms with van der Waals surface area (Å²) in [6.07, 6.45) is 3.50. The molecule has 0 saturated carbocycles. The molecule has 0 aromatic carbocycles. The highest BCUT2D eigenvalue weighted by molar-refractivity contribution is 4.92. The van der Waals surface area contributed by atoms with E-state index in [1.54, 1.807) is 7.11 Å². The van der Waals surface area contributed by atoms with Crippen molar-refractivity contribution in [1.82, 2.24) is 4.90 Å². The molecule has 0 aromatic heterocycles. The van der Waals surface area contributed by atoms with Crippen molar-refractivity contribution in [1.29, 1.82) is 0 Å². The van der Waals surface area contributed by atoms with Gasteiger partial charge in [-0.25, -0.2) is 0 Å². The predicted octanol–water partition coefficient (Wildman–Crippen LogP) is 1.47. The van der Waals surface area contributed by atoms with Crippen molar-refractivity contribution in [2.75, 3.05) is 27.3 Å². The molecule has 1 fully saturated rings. The Labute approximate surface area is 94.0 Å². The first-order chi connectivity index (χ1) is 7.04. The number of piperidine rings is 1. The largest absolute Gasteiger partial charge is 0.384 e. The minimum absolute atomic E-state index is 0.314. The summed E-state index contributed by atoms with van der Waals surface area (Å²) in [7, 11) is 4.01. The normalized spacial score (nSPS) is 38.2. The number of nitrogens with two attached hydrogens (primary N) is 1. The summed E-state index contributed by atoms with van der Waals surface area (Å²) in [5.41, 5.74) is 6.05. The number of nitrogens with zero attached hydrogens (tertiary/aromatic N) is 1. The van der Waals surface area contributed by atoms with Gasteiger partial charge in [-0.2, -0.15) is 0 Å². The highest BCUT2D eigenvalue weighted by Crippen LogP contribution is 2.40. The molecule has 2 unspecified atom stereocenters. The molecule has 0 aliphatic carbocycles. The lowest BCUT2D eigenvalue weighted by molar-refractivity contribution is -0.0226. The first-order valence-corrected chi connectivity index (χ1v) is 5.95. The van der Waals surface area contributed by atoms with Gasteiger partial charge in [0.25, 0.3) is 0 Å². The summed E-state index contributed by atoms with van der Waals surface area (Å²) in [6, 6.07) is 1.27. The van der Waals surface area contributed by atoms with Gasteiger partial charge in [0.1, 0.15) is 0 Å². The molecule has 3 heteroatoms. The Morgan fingerprint density at radius 2 is 1.87 bits per heavy atom. The fourth-order valence-electron chi connectivity index (χ4n) is 3.07. The summed E-state index contributed by atoms with van der Waals surface area (Å²) in [5.74, 6) is 0. The minimum atomic E-state index is 0.314. The smallest absolute Gasteiger partial charge is 0.0520 e. The van der Waals surface area contributed by atoms with Gasteiger partial charge in [-0.05, 0) is 52.1 Å². The summed E-state index contributed by atoms with van der Waals surface area (Å²) in [5, 5.41) is 0. The monoisotopic (exact) mass is 214 g/mol. The average Bonchev–Trinajstić information content (AvgIpc) is 2.15. The van der Waals surface area contributed by atoms with E-state index in [2.05, 4.69) is 25.8 Å². The molecular weight excluding hydrogens is 188 g/mol. The fraction of sp³-hybridized carbons (Fsp3) is 1.00. The van der Waals surface area contributed by atoms with Gasteiger partial charge in [0, 0.05) is 19.2 Å². The van der Waals surface area contributed by atoms with E-state index in [1.165, 1.54) is 12.8 Å². The van der Waals surface area contributed by atoms with E-state index in [0.717, 1.165) is 19.6 Å². The molecule has 1 aliphatic heterocycles. The third-order valence-electron chi connectivity index (χ3n) is 3.97. The minimum Gasteiger partial charge on any atom is -0.384 e. The van der Waals surface area contributed by atoms with E-state index in [4.69, 9.17) is 10.5 Å². The third kappa shape index (κ3) is 2.92. The zero-order chi connectivity index (χ0) is 11.5. The van der Waals surface area contributed by atoms with Gasteiger partial charge in [-0.3, -0.25) is 0 Å². The number of rotatable bonds is 4. The summed E-state index contributed by atoms with van der Waals surface area (Å²) < 4.78 is 5.40. The Bertz CT molecular complexity index is 176. The second-order valence-electron chi connectivity index (χ2n) is 5.24. The molecule has 0 amide bonds. The van der Waals surface area contributed by atoms with E-state index < -0.39 is 0 Å². The topological polar surface area (TPSA) is 38.5 Å². The quantitative estimate of drug-likeness (QED) is 0.770. The first kappa shape index (κ1) is 12.9. The summed E-state index contributed by atoms with van der Waals surface area (Å²) in [6.45, 7) is 6.23. The third-order valence-corrected chi connectivity index (χ3v) is 3.97. The SMILES string of the molecule is COCC1(CCN)CC(C)N(C)C(C)C1. The van der Waals surface area contributed by atoms with E-state index in [1.807, 2.05) is 0 Å². The Kier molecular flexibility index (Phi) is 4.56. The van der Waals surface area contributed by atoms with Crippen LogP contribution in [0.25, 0.3) is 0 Å². The lowest BCUT2D eigenvalue weighted by atomic mass is 9.71.